The second-order valence-corrected chi connectivity index (χ2v) is 10.4. The van der Waals surface area contributed by atoms with E-state index in [4.69, 9.17) is 10.5 Å². The molecule has 3 rings (SSSR count). The number of anilines is 1. The summed E-state index contributed by atoms with van der Waals surface area (Å²) in [4.78, 5) is 35.5. The first-order valence-corrected chi connectivity index (χ1v) is 14.5. The number of allylic oxidation sites excluding steroid dienone is 4. The van der Waals surface area contributed by atoms with Gasteiger partial charge in [0.2, 0.25) is 5.95 Å². The number of fused-ring (bicyclic) bond motifs is 1. The molecule has 3 unspecified atom stereocenters. The number of esters is 1. The van der Waals surface area contributed by atoms with Gasteiger partial charge in [-0.15, -0.1) is 0 Å². The van der Waals surface area contributed by atoms with E-state index in [1.165, 1.54) is 38.4 Å². The lowest BCUT2D eigenvalue weighted by Gasteiger charge is -2.18. The average Bonchev–Trinajstić information content (AvgIpc) is 3.46. The van der Waals surface area contributed by atoms with Gasteiger partial charge >= 0.3 is 5.97 Å². The van der Waals surface area contributed by atoms with Crippen LogP contribution in [0.1, 0.15) is 96.4 Å². The first kappa shape index (κ1) is 30.3. The molecule has 0 saturated heterocycles. The molecule has 0 amide bonds. The lowest BCUT2D eigenvalue weighted by molar-refractivity contribution is -0.151. The Hall–Kier alpha value is -3.20. The summed E-state index contributed by atoms with van der Waals surface area (Å²) in [6, 6.07) is -0.311. The lowest BCUT2D eigenvalue weighted by Crippen LogP contribution is -2.25. The van der Waals surface area contributed by atoms with Crippen molar-refractivity contribution < 1.29 is 14.6 Å². The Morgan fingerprint density at radius 1 is 1.15 bits per heavy atom. The van der Waals surface area contributed by atoms with Crippen molar-refractivity contribution in [1.29, 1.82) is 0 Å². The molecule has 9 heteroatoms. The van der Waals surface area contributed by atoms with E-state index in [9.17, 15) is 14.7 Å². The van der Waals surface area contributed by atoms with Gasteiger partial charge in [0.25, 0.3) is 5.56 Å². The van der Waals surface area contributed by atoms with Gasteiger partial charge in [0, 0.05) is 18.8 Å². The zero-order valence-electron chi connectivity index (χ0n) is 23.3. The average molecular weight is 540 g/mol. The Morgan fingerprint density at radius 3 is 2.56 bits per heavy atom. The van der Waals surface area contributed by atoms with Crippen LogP contribution in [0.2, 0.25) is 0 Å². The molecule has 2 aromatic heterocycles. The highest BCUT2D eigenvalue weighted by Crippen LogP contribution is 2.41. The van der Waals surface area contributed by atoms with E-state index < -0.39 is 11.7 Å². The molecule has 3 atom stereocenters. The number of carbonyl (C=O) groups is 1. The second kappa shape index (κ2) is 16.0. The molecule has 0 bridgehead atoms. The van der Waals surface area contributed by atoms with Crippen molar-refractivity contribution in [2.75, 3.05) is 12.3 Å². The number of nitrogen functional groups attached to an aromatic ring is 1. The molecular weight excluding hydrogens is 494 g/mol. The van der Waals surface area contributed by atoms with Gasteiger partial charge in [0.1, 0.15) is 6.10 Å². The van der Waals surface area contributed by atoms with E-state index >= 15 is 0 Å². The van der Waals surface area contributed by atoms with E-state index in [-0.39, 0.29) is 36.0 Å². The van der Waals surface area contributed by atoms with Crippen LogP contribution in [0.25, 0.3) is 11.2 Å². The van der Waals surface area contributed by atoms with Crippen LogP contribution >= 0.6 is 0 Å². The fourth-order valence-electron chi connectivity index (χ4n) is 5.16. The number of nitrogens with two attached hydrogens (primary N) is 1. The third kappa shape index (κ3) is 8.92. The van der Waals surface area contributed by atoms with Gasteiger partial charge in [-0.25, -0.2) is 4.98 Å². The third-order valence-electron chi connectivity index (χ3n) is 7.41. The van der Waals surface area contributed by atoms with Gasteiger partial charge in [0.15, 0.2) is 11.2 Å². The molecule has 0 radical (unpaired) electrons. The van der Waals surface area contributed by atoms with Gasteiger partial charge in [-0.2, -0.15) is 4.98 Å². The molecule has 0 aromatic carbocycles. The molecule has 1 aliphatic rings. The summed E-state index contributed by atoms with van der Waals surface area (Å²) < 4.78 is 7.49. The number of aliphatic hydroxyl groups excluding tert-OH is 1. The van der Waals surface area contributed by atoms with Crippen molar-refractivity contribution in [3.8, 4) is 0 Å². The minimum Gasteiger partial charge on any atom is -0.462 e. The Morgan fingerprint density at radius 2 is 1.85 bits per heavy atom. The minimum atomic E-state index is -0.491. The zero-order valence-corrected chi connectivity index (χ0v) is 23.3. The molecule has 1 saturated carbocycles. The van der Waals surface area contributed by atoms with Crippen molar-refractivity contribution in [3.05, 3.63) is 53.1 Å². The number of hydrogen-bond donors (Lipinski definition) is 3. The molecule has 2 heterocycles. The van der Waals surface area contributed by atoms with Crippen LogP contribution in [0.3, 0.4) is 0 Å². The van der Waals surface area contributed by atoms with Crippen LogP contribution in [0.5, 0.6) is 0 Å². The molecule has 1 fully saturated rings. The summed E-state index contributed by atoms with van der Waals surface area (Å²) in [7, 11) is 0. The summed E-state index contributed by atoms with van der Waals surface area (Å²) in [5.74, 6) is -0.649. The largest absolute Gasteiger partial charge is 0.462 e. The first-order chi connectivity index (χ1) is 19.0. The number of rotatable bonds is 17. The molecule has 1 aliphatic carbocycles. The molecule has 2 aromatic rings. The summed E-state index contributed by atoms with van der Waals surface area (Å²) in [6.07, 6.45) is 23.2. The molecule has 9 nitrogen and oxygen atoms in total. The minimum absolute atomic E-state index is 0.00284. The number of nitrogens with one attached hydrogen (secondary N) is 1. The third-order valence-corrected chi connectivity index (χ3v) is 7.41. The van der Waals surface area contributed by atoms with Gasteiger partial charge in [0.05, 0.1) is 19.0 Å². The smallest absolute Gasteiger partial charge is 0.306 e. The fourth-order valence-corrected chi connectivity index (χ4v) is 5.16. The number of ether oxygens (including phenoxy) is 1. The fraction of sp³-hybridized carbons (Fsp3) is 0.600. The van der Waals surface area contributed by atoms with E-state index in [0.717, 1.165) is 38.5 Å². The Kier molecular flexibility index (Phi) is 12.5. The highest BCUT2D eigenvalue weighted by Gasteiger charge is 2.41. The molecule has 39 heavy (non-hydrogen) atoms. The summed E-state index contributed by atoms with van der Waals surface area (Å²) in [5.41, 5.74) is 6.54. The van der Waals surface area contributed by atoms with Crippen LogP contribution in [-0.4, -0.2) is 43.3 Å². The number of aliphatic hydroxyl groups is 1. The predicted molar refractivity (Wildman–Crippen MR) is 155 cm³/mol. The number of aromatic nitrogens is 4. The normalized spacial score (nSPS) is 19.6. The maximum Gasteiger partial charge on any atom is 0.306 e. The summed E-state index contributed by atoms with van der Waals surface area (Å²) in [6.45, 7) is 6.19. The Labute approximate surface area is 231 Å². The van der Waals surface area contributed by atoms with Crippen LogP contribution in [-0.2, 0) is 9.53 Å². The Balaban J connectivity index is 1.34. The van der Waals surface area contributed by atoms with E-state index in [0.29, 0.717) is 24.1 Å². The predicted octanol–water partition coefficient (Wildman–Crippen LogP) is 5.54. The van der Waals surface area contributed by atoms with Crippen LogP contribution in [0.15, 0.2) is 47.6 Å². The number of H-pyrrole nitrogens is 1. The molecular formula is C30H45N5O4. The summed E-state index contributed by atoms with van der Waals surface area (Å²) in [5, 5.41) is 9.98. The van der Waals surface area contributed by atoms with Gasteiger partial charge in [-0.3, -0.25) is 14.6 Å². The molecule has 4 N–H and O–H groups in total. The van der Waals surface area contributed by atoms with Crippen molar-refractivity contribution >= 4 is 23.1 Å². The number of imidazole rings is 1. The van der Waals surface area contributed by atoms with Gasteiger partial charge < -0.3 is 20.1 Å². The second-order valence-electron chi connectivity index (χ2n) is 10.4. The van der Waals surface area contributed by atoms with Crippen LogP contribution < -0.4 is 11.3 Å². The lowest BCUT2D eigenvalue weighted by atomic mass is 10.0. The van der Waals surface area contributed by atoms with Crippen LogP contribution in [0, 0.1) is 5.92 Å². The standard InChI is InChI=1S/C30H45N5O4/c1-3-4-5-6-7-8-9-10-11-12-13-14-15-16-17-18-26(37)39-25-19-24(22(2)23(25)20-36)35-21-32-27-28(35)33-30(31)34-29(27)38/h7-8,10-11,21,23-25,36H,2-6,9,12-20H2,1H3,(H3,31,33,34,38)/b8-7+,11-10+. The van der Waals surface area contributed by atoms with Gasteiger partial charge in [-0.1, -0.05) is 69.9 Å². The Bertz CT molecular complexity index is 1180. The number of carbonyl (C=O) groups excluding carboxylic acids is 1. The molecule has 0 aliphatic heterocycles. The number of nitrogens with zero attached hydrogens (tertiary/aromatic N) is 3. The van der Waals surface area contributed by atoms with Crippen molar-refractivity contribution in [1.82, 2.24) is 19.5 Å². The summed E-state index contributed by atoms with van der Waals surface area (Å²) >= 11 is 0. The number of unbranched alkanes of at least 4 members (excludes halogenated alkanes) is 8. The highest BCUT2D eigenvalue weighted by molar-refractivity contribution is 5.71. The quantitative estimate of drug-likeness (QED) is 0.136. The maximum atomic E-state index is 12.6. The van der Waals surface area contributed by atoms with Crippen molar-refractivity contribution in [2.45, 2.75) is 103 Å². The SMILES string of the molecule is C=C1C(CO)C(OC(=O)CCCCCCC/C=C/C/C=C/CCCCC)CC1n1cnc2c(=O)[nH]c(N)nc21. The van der Waals surface area contributed by atoms with Gasteiger partial charge in [-0.05, 0) is 44.1 Å². The maximum absolute atomic E-state index is 12.6. The first-order valence-electron chi connectivity index (χ1n) is 14.5. The zero-order chi connectivity index (χ0) is 28.0. The van der Waals surface area contributed by atoms with Crippen LogP contribution in [0.4, 0.5) is 5.95 Å². The highest BCUT2D eigenvalue weighted by atomic mass is 16.5. The molecule has 0 spiro atoms. The van der Waals surface area contributed by atoms with Crippen molar-refractivity contribution in [2.24, 2.45) is 5.92 Å². The number of aromatic amines is 1. The number of hydrogen-bond acceptors (Lipinski definition) is 7. The molecule has 214 valence electrons. The monoisotopic (exact) mass is 539 g/mol. The van der Waals surface area contributed by atoms with E-state index in [2.05, 4.69) is 52.8 Å². The van der Waals surface area contributed by atoms with E-state index in [1.54, 1.807) is 4.57 Å². The van der Waals surface area contributed by atoms with E-state index in [1.807, 2.05) is 0 Å². The van der Waals surface area contributed by atoms with Crippen molar-refractivity contribution in [3.63, 3.8) is 0 Å². The topological polar surface area (TPSA) is 136 Å².